The first-order chi connectivity index (χ1) is 13.1. The third kappa shape index (κ3) is 3.95. The predicted molar refractivity (Wildman–Crippen MR) is 117 cm³/mol. The van der Waals surface area contributed by atoms with Crippen LogP contribution < -0.4 is 9.34 Å². The van der Waals surface area contributed by atoms with E-state index >= 15 is 0 Å². The Morgan fingerprint density at radius 3 is 1.93 bits per heavy atom. The van der Waals surface area contributed by atoms with Crippen molar-refractivity contribution in [3.05, 3.63) is 72.1 Å². The second-order valence-corrected chi connectivity index (χ2v) is 10.4. The zero-order chi connectivity index (χ0) is 19.3. The van der Waals surface area contributed by atoms with Gasteiger partial charge in [0, 0.05) is 29.8 Å². The Morgan fingerprint density at radius 1 is 1.04 bits per heavy atom. The van der Waals surface area contributed by atoms with E-state index in [2.05, 4.69) is 33.6 Å². The normalized spacial score (nSPS) is 16.4. The Hall–Kier alpha value is -2.10. The van der Waals surface area contributed by atoms with Gasteiger partial charge in [0.05, 0.1) is 13.0 Å². The van der Waals surface area contributed by atoms with Crippen LogP contribution in [0.1, 0.15) is 20.3 Å². The van der Waals surface area contributed by atoms with E-state index < -0.39 is 6.34 Å². The molecule has 3 rings (SSSR count). The van der Waals surface area contributed by atoms with E-state index in [0.29, 0.717) is 6.61 Å². The molecular weight excluding hydrogens is 375 g/mol. The molecule has 2 aromatic carbocycles. The molecule has 142 valence electrons. The average Bonchev–Trinajstić information content (AvgIpc) is 3.05. The van der Waals surface area contributed by atoms with Gasteiger partial charge >= 0.3 is 5.97 Å². The molecule has 0 unspecified atom stereocenters. The van der Waals surface area contributed by atoms with Gasteiger partial charge in [0.15, 0.2) is 0 Å². The van der Waals surface area contributed by atoms with Crippen LogP contribution in [0, 0.1) is 0 Å². The van der Waals surface area contributed by atoms with Gasteiger partial charge < -0.3 is 14.1 Å². The second kappa shape index (κ2) is 8.73. The van der Waals surface area contributed by atoms with E-state index in [1.54, 1.807) is 0 Å². The summed E-state index contributed by atoms with van der Waals surface area (Å²) in [7, 11) is 0. The highest BCUT2D eigenvalue weighted by Gasteiger charge is 2.42. The molecule has 2 aromatic rings. The molecule has 0 N–H and O–H groups in total. The molecule has 1 aliphatic rings. The molecule has 0 aliphatic carbocycles. The molecule has 0 aromatic heterocycles. The zero-order valence-corrected chi connectivity index (χ0v) is 17.5. The van der Waals surface area contributed by atoms with Crippen molar-refractivity contribution in [3.8, 4) is 0 Å². The lowest BCUT2D eigenvalue weighted by molar-refractivity contribution is -0.142. The van der Waals surface area contributed by atoms with Crippen LogP contribution in [0.5, 0.6) is 0 Å². The summed E-state index contributed by atoms with van der Waals surface area (Å²) in [5.41, 5.74) is 2.20. The van der Waals surface area contributed by atoms with Crippen LogP contribution in [-0.4, -0.2) is 25.7 Å². The maximum atomic E-state index is 12.3. The molecule has 1 fully saturated rings. The van der Waals surface area contributed by atoms with Crippen LogP contribution in [0.2, 0.25) is 0 Å². The minimum Gasteiger partial charge on any atom is -0.466 e. The molecule has 0 spiro atoms. The summed E-state index contributed by atoms with van der Waals surface area (Å²) < 4.78 is 9.83. The van der Waals surface area contributed by atoms with Gasteiger partial charge in [-0.1, -0.05) is 42.5 Å². The van der Waals surface area contributed by atoms with E-state index in [4.69, 9.17) is 16.5 Å². The first-order valence-electron chi connectivity index (χ1n) is 9.18. The van der Waals surface area contributed by atoms with E-state index in [9.17, 15) is 4.79 Å². The number of carbonyl (C=O) groups is 1. The number of allylic oxidation sites excluding steroid dienone is 1. The molecule has 0 saturated carbocycles. The Balaban J connectivity index is 2.06. The lowest BCUT2D eigenvalue weighted by Gasteiger charge is -2.38. The molecule has 4 nitrogen and oxygen atoms in total. The zero-order valence-electron chi connectivity index (χ0n) is 15.7. The van der Waals surface area contributed by atoms with Gasteiger partial charge in [-0.3, -0.25) is 4.79 Å². The molecule has 0 bridgehead atoms. The number of carbonyl (C=O) groups excluding carboxylic acids is 1. The molecule has 0 radical (unpaired) electrons. The lowest BCUT2D eigenvalue weighted by Crippen LogP contribution is -2.21. The van der Waals surface area contributed by atoms with Crippen molar-refractivity contribution in [1.82, 2.24) is 0 Å². The maximum Gasteiger partial charge on any atom is 0.310 e. The quantitative estimate of drug-likeness (QED) is 0.493. The Morgan fingerprint density at radius 2 is 1.52 bits per heavy atom. The number of ether oxygens (including phenoxy) is 1. The first-order valence-corrected chi connectivity index (χ1v) is 11.9. The van der Waals surface area contributed by atoms with Gasteiger partial charge in [0.25, 0.3) is 0 Å². The number of rotatable bonds is 6. The number of nitrogens with zero attached hydrogens (tertiary/aromatic N) is 2. The van der Waals surface area contributed by atoms with Crippen LogP contribution in [-0.2, 0) is 21.3 Å². The minimum absolute atomic E-state index is 0.220. The van der Waals surface area contributed by atoms with E-state index in [1.807, 2.05) is 56.3 Å². The van der Waals surface area contributed by atoms with Crippen molar-refractivity contribution >= 4 is 35.5 Å². The van der Waals surface area contributed by atoms with Gasteiger partial charge in [-0.25, -0.2) is 0 Å². The number of para-hydroxylation sites is 2. The maximum absolute atomic E-state index is 12.3. The summed E-state index contributed by atoms with van der Waals surface area (Å²) in [5.74, 6) is -0.220. The molecule has 0 amide bonds. The Bertz CT molecular complexity index is 804. The summed E-state index contributed by atoms with van der Waals surface area (Å²) >= 11 is 6.38. The molecule has 1 aliphatic heterocycles. The summed E-state index contributed by atoms with van der Waals surface area (Å²) in [6.45, 7) is 5.83. The highest BCUT2D eigenvalue weighted by Crippen LogP contribution is 2.66. The van der Waals surface area contributed by atoms with Crippen LogP contribution >= 0.6 is 6.34 Å². The summed E-state index contributed by atoms with van der Waals surface area (Å²) in [5, 5.41) is 0.973. The molecule has 6 heteroatoms. The smallest absolute Gasteiger partial charge is 0.310 e. The van der Waals surface area contributed by atoms with Gasteiger partial charge in [-0.05, 0) is 49.9 Å². The third-order valence-electron chi connectivity index (χ3n) is 4.62. The van der Waals surface area contributed by atoms with Gasteiger partial charge in [0.1, 0.15) is 6.34 Å². The van der Waals surface area contributed by atoms with Crippen LogP contribution in [0.15, 0.2) is 72.1 Å². The van der Waals surface area contributed by atoms with Crippen molar-refractivity contribution < 1.29 is 9.53 Å². The van der Waals surface area contributed by atoms with Crippen molar-refractivity contribution in [1.29, 1.82) is 0 Å². The molecular formula is C21H25N2O2PS. The molecule has 1 heterocycles. The topological polar surface area (TPSA) is 32.8 Å². The van der Waals surface area contributed by atoms with Gasteiger partial charge in [0.2, 0.25) is 0 Å². The van der Waals surface area contributed by atoms with Crippen molar-refractivity contribution in [3.63, 3.8) is 0 Å². The number of hydrogen-bond donors (Lipinski definition) is 0. The standard InChI is InChI=1S/C21H25N2O2PS/c1-3-20(17-21(24)25-4-2)26(27)22(18-11-7-5-8-12-18)15-16-23(26)19-13-9-6-10-14-19/h3,5-14H,4,15-17H2,1-2H3/b20-3-. The number of esters is 1. The number of anilines is 2. The van der Waals surface area contributed by atoms with E-state index in [0.717, 1.165) is 29.8 Å². The predicted octanol–water partition coefficient (Wildman–Crippen LogP) is 5.18. The molecule has 0 atom stereocenters. The Labute approximate surface area is 166 Å². The molecule has 27 heavy (non-hydrogen) atoms. The van der Waals surface area contributed by atoms with Gasteiger partial charge in [-0.2, -0.15) is 0 Å². The largest absolute Gasteiger partial charge is 0.466 e. The van der Waals surface area contributed by atoms with Crippen LogP contribution in [0.4, 0.5) is 11.4 Å². The van der Waals surface area contributed by atoms with Crippen molar-refractivity contribution in [2.45, 2.75) is 20.3 Å². The molecule has 1 saturated heterocycles. The average molecular weight is 400 g/mol. The Kier molecular flexibility index (Phi) is 6.35. The fourth-order valence-corrected chi connectivity index (χ4v) is 8.14. The number of benzene rings is 2. The summed E-state index contributed by atoms with van der Waals surface area (Å²) in [6, 6.07) is 20.5. The fourth-order valence-electron chi connectivity index (χ4n) is 3.41. The fraction of sp³-hybridized carbons (Fsp3) is 0.286. The highest BCUT2D eigenvalue weighted by molar-refractivity contribution is 8.18. The summed E-state index contributed by atoms with van der Waals surface area (Å²) in [4.78, 5) is 12.3. The second-order valence-electron chi connectivity index (χ2n) is 6.22. The monoisotopic (exact) mass is 400 g/mol. The van der Waals surface area contributed by atoms with Crippen molar-refractivity contribution in [2.75, 3.05) is 29.0 Å². The van der Waals surface area contributed by atoms with Gasteiger partial charge in [-0.15, -0.1) is 0 Å². The van der Waals surface area contributed by atoms with E-state index in [1.165, 1.54) is 0 Å². The number of hydrogen-bond acceptors (Lipinski definition) is 3. The van der Waals surface area contributed by atoms with Crippen molar-refractivity contribution in [2.24, 2.45) is 0 Å². The lowest BCUT2D eigenvalue weighted by atomic mass is 10.3. The van der Waals surface area contributed by atoms with Crippen LogP contribution in [0.3, 0.4) is 0 Å². The van der Waals surface area contributed by atoms with Crippen LogP contribution in [0.25, 0.3) is 0 Å². The summed E-state index contributed by atoms with van der Waals surface area (Å²) in [6.07, 6.45) is -0.122. The third-order valence-corrected chi connectivity index (χ3v) is 9.85. The minimum atomic E-state index is -2.36. The SMILES string of the molecule is C/C=C(/CC(=O)OCC)P1(=S)N(c2ccccc2)CCN1c1ccccc1. The van der Waals surface area contributed by atoms with E-state index in [-0.39, 0.29) is 12.4 Å². The first kappa shape index (κ1) is 19.7. The highest BCUT2D eigenvalue weighted by atomic mass is 32.4.